The number of allylic oxidation sites excluding steroid dienone is 8. The average molecular weight is 691 g/mol. The molecule has 8 atom stereocenters. The van der Waals surface area contributed by atoms with E-state index in [1.165, 1.54) is 6.92 Å². The zero-order valence-corrected chi connectivity index (χ0v) is 31.4. The van der Waals surface area contributed by atoms with Crippen LogP contribution >= 0.6 is 0 Å². The summed E-state index contributed by atoms with van der Waals surface area (Å²) in [4.78, 5) is 55.0. The number of aliphatic hydroxyl groups excluding tert-OH is 1. The van der Waals surface area contributed by atoms with Crippen molar-refractivity contribution in [1.29, 1.82) is 0 Å². The SMILES string of the molecule is CC(=O)O[C@H]1C/C(C)=C/CC/C(C)=C\C(=O)C[C@@]23C(=O)O[C@@H]([C@@H]1C(C)C)[C@@H]2CC(C)=C1CCC2=CCC[C@@](C)(OC2=O)[C@@H](O)CC/C(C)=C\[C@@H]13. The van der Waals surface area contributed by atoms with E-state index in [0.717, 1.165) is 34.3 Å². The molecule has 0 saturated carbocycles. The van der Waals surface area contributed by atoms with E-state index in [1.54, 1.807) is 6.08 Å². The van der Waals surface area contributed by atoms with Gasteiger partial charge in [0.1, 0.15) is 17.8 Å². The van der Waals surface area contributed by atoms with Gasteiger partial charge in [-0.3, -0.25) is 14.4 Å². The molecule has 5 aliphatic rings. The Morgan fingerprint density at radius 3 is 2.40 bits per heavy atom. The summed E-state index contributed by atoms with van der Waals surface area (Å²) in [5.74, 6) is -2.33. The van der Waals surface area contributed by atoms with Crippen molar-refractivity contribution >= 4 is 23.7 Å². The van der Waals surface area contributed by atoms with Crippen molar-refractivity contribution in [3.8, 4) is 0 Å². The Bertz CT molecular complexity index is 1540. The van der Waals surface area contributed by atoms with E-state index in [4.69, 9.17) is 14.2 Å². The van der Waals surface area contributed by atoms with Crippen LogP contribution in [0.4, 0.5) is 0 Å². The normalized spacial score (nSPS) is 39.2. The molecular weight excluding hydrogens is 632 g/mol. The summed E-state index contributed by atoms with van der Waals surface area (Å²) in [6, 6.07) is 0. The minimum atomic E-state index is -1.19. The van der Waals surface area contributed by atoms with Crippen LogP contribution in [0.5, 0.6) is 0 Å². The van der Waals surface area contributed by atoms with Crippen LogP contribution in [0.15, 0.2) is 57.7 Å². The van der Waals surface area contributed by atoms with Crippen molar-refractivity contribution in [2.75, 3.05) is 0 Å². The molecule has 3 heterocycles. The van der Waals surface area contributed by atoms with Gasteiger partial charge in [0.2, 0.25) is 0 Å². The molecule has 0 amide bonds. The summed E-state index contributed by atoms with van der Waals surface area (Å²) in [7, 11) is 0. The van der Waals surface area contributed by atoms with Gasteiger partial charge in [-0.15, -0.1) is 0 Å². The van der Waals surface area contributed by atoms with Gasteiger partial charge in [0.15, 0.2) is 5.78 Å². The van der Waals surface area contributed by atoms with Gasteiger partial charge in [-0.25, -0.2) is 4.79 Å². The fourth-order valence-electron chi connectivity index (χ4n) is 9.54. The lowest BCUT2D eigenvalue weighted by molar-refractivity contribution is -0.166. The van der Waals surface area contributed by atoms with Crippen LogP contribution < -0.4 is 0 Å². The second-order valence-electron chi connectivity index (χ2n) is 16.4. The van der Waals surface area contributed by atoms with Crippen LogP contribution in [0, 0.1) is 29.1 Å². The Labute approximate surface area is 298 Å². The summed E-state index contributed by atoms with van der Waals surface area (Å²) >= 11 is 0. The smallest absolute Gasteiger partial charge is 0.334 e. The quantitative estimate of drug-likeness (QED) is 0.176. The molecule has 1 fully saturated rings. The van der Waals surface area contributed by atoms with Crippen molar-refractivity contribution in [3.63, 3.8) is 0 Å². The highest BCUT2D eigenvalue weighted by Gasteiger charge is 2.65. The molecule has 0 aromatic carbocycles. The summed E-state index contributed by atoms with van der Waals surface area (Å²) in [6.07, 6.45) is 11.6. The van der Waals surface area contributed by atoms with Crippen molar-refractivity contribution in [3.05, 3.63) is 57.7 Å². The Balaban J connectivity index is 1.71. The Morgan fingerprint density at radius 2 is 1.70 bits per heavy atom. The summed E-state index contributed by atoms with van der Waals surface area (Å²) in [5.41, 5.74) is 3.65. The molecule has 0 radical (unpaired) electrons. The first-order valence-corrected chi connectivity index (χ1v) is 18.8. The van der Waals surface area contributed by atoms with E-state index in [2.05, 4.69) is 32.9 Å². The van der Waals surface area contributed by atoms with Crippen LogP contribution in [0.3, 0.4) is 0 Å². The van der Waals surface area contributed by atoms with Gasteiger partial charge in [-0.1, -0.05) is 59.9 Å². The van der Waals surface area contributed by atoms with Crippen LogP contribution in [-0.4, -0.2) is 52.7 Å². The zero-order chi connectivity index (χ0) is 36.5. The molecule has 8 nitrogen and oxygen atoms in total. The number of aliphatic hydroxyl groups is 1. The Kier molecular flexibility index (Phi) is 11.5. The van der Waals surface area contributed by atoms with Gasteiger partial charge in [0.25, 0.3) is 0 Å². The highest BCUT2D eigenvalue weighted by molar-refractivity contribution is 5.96. The van der Waals surface area contributed by atoms with Crippen molar-refractivity contribution in [1.82, 2.24) is 0 Å². The van der Waals surface area contributed by atoms with Gasteiger partial charge >= 0.3 is 17.9 Å². The number of fused-ring (bicyclic) bond motifs is 4. The van der Waals surface area contributed by atoms with E-state index in [-0.39, 0.29) is 41.9 Å². The number of ketones is 1. The molecule has 1 saturated heterocycles. The number of esters is 3. The highest BCUT2D eigenvalue weighted by atomic mass is 16.6. The largest absolute Gasteiger partial charge is 0.462 e. The molecule has 0 spiro atoms. The lowest BCUT2D eigenvalue weighted by Gasteiger charge is -2.46. The molecule has 0 aromatic rings. The third-order valence-corrected chi connectivity index (χ3v) is 12.3. The number of rotatable bonds is 2. The number of hydrogen-bond donors (Lipinski definition) is 1. The van der Waals surface area contributed by atoms with Crippen molar-refractivity contribution in [2.24, 2.45) is 29.1 Å². The number of hydrogen-bond acceptors (Lipinski definition) is 8. The fraction of sp³-hybridized carbons (Fsp3) is 0.667. The topological polar surface area (TPSA) is 116 Å². The lowest BCUT2D eigenvalue weighted by Crippen LogP contribution is -2.49. The molecule has 3 aliphatic heterocycles. The van der Waals surface area contributed by atoms with Gasteiger partial charge in [0.05, 0.1) is 11.5 Å². The monoisotopic (exact) mass is 690 g/mol. The van der Waals surface area contributed by atoms with Gasteiger partial charge in [-0.2, -0.15) is 0 Å². The molecule has 0 unspecified atom stereocenters. The minimum absolute atomic E-state index is 0.00108. The maximum Gasteiger partial charge on any atom is 0.334 e. The van der Waals surface area contributed by atoms with E-state index in [1.807, 2.05) is 33.8 Å². The molecule has 4 bridgehead atoms. The second kappa shape index (κ2) is 15.1. The third-order valence-electron chi connectivity index (χ3n) is 12.3. The molecule has 8 heteroatoms. The zero-order valence-electron chi connectivity index (χ0n) is 31.4. The second-order valence-corrected chi connectivity index (χ2v) is 16.4. The number of ether oxygens (including phenoxy) is 3. The number of carbonyl (C=O) groups excluding carboxylic acids is 4. The summed E-state index contributed by atoms with van der Waals surface area (Å²) < 4.78 is 18.6. The lowest BCUT2D eigenvalue weighted by atomic mass is 9.54. The first kappa shape index (κ1) is 38.0. The summed E-state index contributed by atoms with van der Waals surface area (Å²) in [6.45, 7) is 15.6. The van der Waals surface area contributed by atoms with E-state index >= 15 is 0 Å². The van der Waals surface area contributed by atoms with Gasteiger partial charge in [0, 0.05) is 43.1 Å². The predicted molar refractivity (Wildman–Crippen MR) is 192 cm³/mol. The molecule has 1 N–H and O–H groups in total. The summed E-state index contributed by atoms with van der Waals surface area (Å²) in [5, 5.41) is 11.3. The van der Waals surface area contributed by atoms with E-state index in [9.17, 15) is 24.3 Å². The molecule has 2 aliphatic carbocycles. The maximum absolute atomic E-state index is 14.9. The molecule has 50 heavy (non-hydrogen) atoms. The third kappa shape index (κ3) is 7.66. The first-order valence-electron chi connectivity index (χ1n) is 18.8. The van der Waals surface area contributed by atoms with Crippen molar-refractivity contribution in [2.45, 2.75) is 150 Å². The Morgan fingerprint density at radius 1 is 0.960 bits per heavy atom. The van der Waals surface area contributed by atoms with Crippen LogP contribution in [0.25, 0.3) is 0 Å². The fourth-order valence-corrected chi connectivity index (χ4v) is 9.54. The van der Waals surface area contributed by atoms with E-state index < -0.39 is 41.2 Å². The first-order chi connectivity index (χ1) is 23.6. The molecular formula is C42H58O8. The van der Waals surface area contributed by atoms with Crippen LogP contribution in [0.2, 0.25) is 0 Å². The van der Waals surface area contributed by atoms with Crippen molar-refractivity contribution < 1.29 is 38.5 Å². The maximum atomic E-state index is 14.9. The molecule has 274 valence electrons. The minimum Gasteiger partial charge on any atom is -0.462 e. The number of carbonyl (C=O) groups is 4. The van der Waals surface area contributed by atoms with E-state index in [0.29, 0.717) is 63.4 Å². The van der Waals surface area contributed by atoms with Crippen LogP contribution in [-0.2, 0) is 33.4 Å². The van der Waals surface area contributed by atoms with Crippen LogP contribution in [0.1, 0.15) is 126 Å². The highest BCUT2D eigenvalue weighted by Crippen LogP contribution is 2.60. The molecule has 0 aromatic heterocycles. The average Bonchev–Trinajstić information content (AvgIpc) is 3.17. The van der Waals surface area contributed by atoms with Gasteiger partial charge in [-0.05, 0) is 104 Å². The molecule has 5 rings (SSSR count). The standard InChI is InChI=1S/C42H58O8/c1-24(2)37-35(48-29(7)43)21-26(4)12-9-11-25(3)19-31(44)23-42-33-20-27(5)14-17-36(45)41(8)18-10-13-30(39(46)50-41)15-16-32(33)28(6)22-34(42)38(37)49-40(42)47/h12-13,19-20,24,33-38,45H,9-11,14-18,21-23H2,1-8H3/b25-19-,26-12+,27-20-/t33-,34-,35-,36-,37+,38+,41+,42-/m0/s1. The predicted octanol–water partition coefficient (Wildman–Crippen LogP) is 7.99. The Hall–Kier alpha value is -3.26. The van der Waals surface area contributed by atoms with Gasteiger partial charge < -0.3 is 19.3 Å².